The van der Waals surface area contributed by atoms with Gasteiger partial charge in [-0.15, -0.1) is 0 Å². The van der Waals surface area contributed by atoms with Gasteiger partial charge in [-0.25, -0.2) is 13.1 Å². The molecule has 26 heavy (non-hydrogen) atoms. The van der Waals surface area contributed by atoms with Gasteiger partial charge in [0.25, 0.3) is 5.91 Å². The molecule has 0 atom stereocenters. The molecular weight excluding hydrogens is 352 g/mol. The standard InChI is InChI=1S/C19H24N2O4S/c1-14(2)21-26(23,24)18-9-7-17(8-10-18)19(22)20-12-15-5-4-6-16(11-15)13-25-3/h4-11,14,21H,12-13H2,1-3H3,(H,20,22). The van der Waals surface area contributed by atoms with Crippen molar-refractivity contribution in [1.82, 2.24) is 10.0 Å². The minimum absolute atomic E-state index is 0.134. The number of sulfonamides is 1. The van der Waals surface area contributed by atoms with Gasteiger partial charge in [-0.2, -0.15) is 0 Å². The highest BCUT2D eigenvalue weighted by atomic mass is 32.2. The molecule has 0 aliphatic heterocycles. The molecule has 2 N–H and O–H groups in total. The van der Waals surface area contributed by atoms with E-state index in [2.05, 4.69) is 10.0 Å². The number of methoxy groups -OCH3 is 1. The fraction of sp³-hybridized carbons (Fsp3) is 0.316. The highest BCUT2D eigenvalue weighted by Gasteiger charge is 2.16. The third kappa shape index (κ3) is 5.66. The second-order valence-corrected chi connectivity index (χ2v) is 7.95. The van der Waals surface area contributed by atoms with Crippen molar-refractivity contribution in [1.29, 1.82) is 0 Å². The predicted octanol–water partition coefficient (Wildman–Crippen LogP) is 2.45. The normalized spacial score (nSPS) is 11.5. The largest absolute Gasteiger partial charge is 0.380 e. The van der Waals surface area contributed by atoms with E-state index in [-0.39, 0.29) is 16.8 Å². The van der Waals surface area contributed by atoms with E-state index in [1.165, 1.54) is 24.3 Å². The van der Waals surface area contributed by atoms with Gasteiger partial charge >= 0.3 is 0 Å². The highest BCUT2D eigenvalue weighted by molar-refractivity contribution is 7.89. The molecule has 140 valence electrons. The molecule has 6 nitrogen and oxygen atoms in total. The van der Waals surface area contributed by atoms with Crippen LogP contribution in [0.5, 0.6) is 0 Å². The summed E-state index contributed by atoms with van der Waals surface area (Å²) < 4.78 is 31.8. The highest BCUT2D eigenvalue weighted by Crippen LogP contribution is 2.12. The molecule has 0 fully saturated rings. The van der Waals surface area contributed by atoms with E-state index >= 15 is 0 Å². The lowest BCUT2D eigenvalue weighted by Crippen LogP contribution is -2.30. The second kappa shape index (κ2) is 8.93. The van der Waals surface area contributed by atoms with Gasteiger partial charge in [0, 0.05) is 25.3 Å². The molecule has 2 rings (SSSR count). The number of amides is 1. The van der Waals surface area contributed by atoms with Crippen LogP contribution in [-0.4, -0.2) is 27.5 Å². The molecule has 0 aliphatic carbocycles. The van der Waals surface area contributed by atoms with E-state index in [1.54, 1.807) is 21.0 Å². The van der Waals surface area contributed by atoms with Crippen LogP contribution in [-0.2, 0) is 27.9 Å². The quantitative estimate of drug-likeness (QED) is 0.741. The zero-order chi connectivity index (χ0) is 19.2. The van der Waals surface area contributed by atoms with Crippen molar-refractivity contribution < 1.29 is 17.9 Å². The Morgan fingerprint density at radius 1 is 1.08 bits per heavy atom. The summed E-state index contributed by atoms with van der Waals surface area (Å²) in [5.74, 6) is -0.261. The van der Waals surface area contributed by atoms with Crippen molar-refractivity contribution in [2.45, 2.75) is 37.9 Å². The van der Waals surface area contributed by atoms with Gasteiger partial charge in [-0.05, 0) is 49.2 Å². The average molecular weight is 376 g/mol. The third-order valence-corrected chi connectivity index (χ3v) is 5.25. The van der Waals surface area contributed by atoms with Gasteiger partial charge in [0.2, 0.25) is 10.0 Å². The third-order valence-electron chi connectivity index (χ3n) is 3.57. The molecule has 2 aromatic carbocycles. The number of carbonyl (C=O) groups excluding carboxylic acids is 1. The van der Waals surface area contributed by atoms with Gasteiger partial charge in [-0.1, -0.05) is 24.3 Å². The molecule has 0 saturated carbocycles. The fourth-order valence-electron chi connectivity index (χ4n) is 2.44. The van der Waals surface area contributed by atoms with E-state index in [9.17, 15) is 13.2 Å². The second-order valence-electron chi connectivity index (χ2n) is 6.24. The summed E-state index contributed by atoms with van der Waals surface area (Å²) in [5.41, 5.74) is 2.40. The zero-order valence-electron chi connectivity index (χ0n) is 15.2. The number of hydrogen-bond acceptors (Lipinski definition) is 4. The number of ether oxygens (including phenoxy) is 1. The maximum atomic E-state index is 12.3. The summed E-state index contributed by atoms with van der Waals surface area (Å²) in [5, 5.41) is 2.83. The lowest BCUT2D eigenvalue weighted by Gasteiger charge is -2.10. The minimum Gasteiger partial charge on any atom is -0.380 e. The van der Waals surface area contributed by atoms with Crippen molar-refractivity contribution in [3.05, 3.63) is 65.2 Å². The molecular formula is C19H24N2O4S. The van der Waals surface area contributed by atoms with Crippen LogP contribution in [0.15, 0.2) is 53.4 Å². The number of benzene rings is 2. The molecule has 0 aliphatic rings. The van der Waals surface area contributed by atoms with Crippen LogP contribution in [0.4, 0.5) is 0 Å². The lowest BCUT2D eigenvalue weighted by atomic mass is 10.1. The van der Waals surface area contributed by atoms with Crippen LogP contribution in [0.25, 0.3) is 0 Å². The van der Waals surface area contributed by atoms with E-state index in [1.807, 2.05) is 24.3 Å². The summed E-state index contributed by atoms with van der Waals surface area (Å²) in [6.07, 6.45) is 0. The summed E-state index contributed by atoms with van der Waals surface area (Å²) in [6.45, 7) is 4.40. The first-order chi connectivity index (χ1) is 12.3. The lowest BCUT2D eigenvalue weighted by molar-refractivity contribution is 0.0951. The van der Waals surface area contributed by atoms with Gasteiger partial charge < -0.3 is 10.1 Å². The molecule has 0 spiro atoms. The van der Waals surface area contributed by atoms with E-state index in [0.717, 1.165) is 11.1 Å². The Bertz CT molecular complexity index is 846. The fourth-order valence-corrected chi connectivity index (χ4v) is 3.70. The zero-order valence-corrected chi connectivity index (χ0v) is 16.0. The van der Waals surface area contributed by atoms with Crippen molar-refractivity contribution in [3.8, 4) is 0 Å². The Hall–Kier alpha value is -2.22. The van der Waals surface area contributed by atoms with E-state index < -0.39 is 10.0 Å². The van der Waals surface area contributed by atoms with Crippen LogP contribution in [0.3, 0.4) is 0 Å². The predicted molar refractivity (Wildman–Crippen MR) is 100 cm³/mol. The van der Waals surface area contributed by atoms with Gasteiger partial charge in [0.05, 0.1) is 11.5 Å². The van der Waals surface area contributed by atoms with Gasteiger partial charge in [0.1, 0.15) is 0 Å². The SMILES string of the molecule is COCc1cccc(CNC(=O)c2ccc(S(=O)(=O)NC(C)C)cc2)c1. The van der Waals surface area contributed by atoms with Gasteiger partial charge in [0.15, 0.2) is 0 Å². The van der Waals surface area contributed by atoms with Gasteiger partial charge in [-0.3, -0.25) is 4.79 Å². The Labute approximate surface area is 154 Å². The molecule has 7 heteroatoms. The Morgan fingerprint density at radius 3 is 2.35 bits per heavy atom. The monoisotopic (exact) mass is 376 g/mol. The molecule has 1 amide bonds. The number of rotatable bonds is 8. The minimum atomic E-state index is -3.56. The van der Waals surface area contributed by atoms with Crippen LogP contribution in [0.2, 0.25) is 0 Å². The Balaban J connectivity index is 2.01. The molecule has 2 aromatic rings. The summed E-state index contributed by atoms with van der Waals surface area (Å²) >= 11 is 0. The molecule has 0 heterocycles. The van der Waals surface area contributed by atoms with Crippen LogP contribution < -0.4 is 10.0 Å². The molecule has 0 radical (unpaired) electrons. The van der Waals surface area contributed by atoms with E-state index in [0.29, 0.717) is 18.7 Å². The van der Waals surface area contributed by atoms with Crippen molar-refractivity contribution in [2.75, 3.05) is 7.11 Å². The van der Waals surface area contributed by atoms with Crippen molar-refractivity contribution >= 4 is 15.9 Å². The molecule has 0 bridgehead atoms. The Morgan fingerprint density at radius 2 is 1.73 bits per heavy atom. The van der Waals surface area contributed by atoms with Crippen molar-refractivity contribution in [2.24, 2.45) is 0 Å². The number of hydrogen-bond donors (Lipinski definition) is 2. The van der Waals surface area contributed by atoms with Crippen LogP contribution in [0, 0.1) is 0 Å². The number of nitrogens with one attached hydrogen (secondary N) is 2. The topological polar surface area (TPSA) is 84.5 Å². The van der Waals surface area contributed by atoms with Crippen molar-refractivity contribution in [3.63, 3.8) is 0 Å². The molecule has 0 aromatic heterocycles. The number of carbonyl (C=O) groups is 1. The van der Waals surface area contributed by atoms with Crippen LogP contribution in [0.1, 0.15) is 35.3 Å². The van der Waals surface area contributed by atoms with Crippen LogP contribution >= 0.6 is 0 Å². The molecule has 0 unspecified atom stereocenters. The smallest absolute Gasteiger partial charge is 0.251 e. The first-order valence-corrected chi connectivity index (χ1v) is 9.77. The maximum absolute atomic E-state index is 12.3. The first kappa shape index (κ1) is 20.1. The summed E-state index contributed by atoms with van der Waals surface area (Å²) in [6, 6.07) is 13.4. The first-order valence-electron chi connectivity index (χ1n) is 8.29. The Kier molecular flexibility index (Phi) is 6.90. The summed E-state index contributed by atoms with van der Waals surface area (Å²) in [7, 11) is -1.93. The molecule has 0 saturated heterocycles. The maximum Gasteiger partial charge on any atom is 0.251 e. The summed E-state index contributed by atoms with van der Waals surface area (Å²) in [4.78, 5) is 12.4. The average Bonchev–Trinajstić information content (AvgIpc) is 2.59. The van der Waals surface area contributed by atoms with E-state index in [4.69, 9.17) is 4.74 Å².